The molecule has 0 aliphatic carbocycles. The summed E-state index contributed by atoms with van der Waals surface area (Å²) in [7, 11) is -3.38. The number of hydrogen-bond donors (Lipinski definition) is 1. The Morgan fingerprint density at radius 3 is 2.50 bits per heavy atom. The molecule has 0 aromatic carbocycles. The summed E-state index contributed by atoms with van der Waals surface area (Å²) in [4.78, 5) is 0.258. The molecule has 1 aliphatic rings. The lowest BCUT2D eigenvalue weighted by Gasteiger charge is -2.37. The lowest BCUT2D eigenvalue weighted by atomic mass is 10.0. The zero-order valence-electron chi connectivity index (χ0n) is 9.55. The molecule has 2 atom stereocenters. The van der Waals surface area contributed by atoms with Gasteiger partial charge in [0.25, 0.3) is 0 Å². The Balaban J connectivity index is 2.36. The molecule has 0 radical (unpaired) electrons. The Bertz CT molecular complexity index is 431. The van der Waals surface area contributed by atoms with Crippen LogP contribution in [0.2, 0.25) is 0 Å². The van der Waals surface area contributed by atoms with Gasteiger partial charge in [-0.15, -0.1) is 0 Å². The van der Waals surface area contributed by atoms with Crippen molar-refractivity contribution in [3.05, 3.63) is 12.4 Å². The highest BCUT2D eigenvalue weighted by molar-refractivity contribution is 7.89. The molecular formula is C10H17N3O2S. The van der Waals surface area contributed by atoms with Crippen molar-refractivity contribution in [2.45, 2.75) is 50.1 Å². The summed E-state index contributed by atoms with van der Waals surface area (Å²) < 4.78 is 26.3. The maximum absolute atomic E-state index is 12.3. The van der Waals surface area contributed by atoms with E-state index in [4.69, 9.17) is 0 Å². The molecule has 0 amide bonds. The van der Waals surface area contributed by atoms with Gasteiger partial charge in [-0.1, -0.05) is 6.42 Å². The molecule has 16 heavy (non-hydrogen) atoms. The van der Waals surface area contributed by atoms with Crippen LogP contribution in [0.25, 0.3) is 0 Å². The first-order valence-corrected chi connectivity index (χ1v) is 7.00. The molecule has 0 spiro atoms. The first kappa shape index (κ1) is 11.6. The minimum absolute atomic E-state index is 0.0728. The van der Waals surface area contributed by atoms with Gasteiger partial charge in [0.15, 0.2) is 0 Å². The first-order chi connectivity index (χ1) is 7.53. The van der Waals surface area contributed by atoms with E-state index in [2.05, 4.69) is 10.2 Å². The van der Waals surface area contributed by atoms with Crippen molar-refractivity contribution >= 4 is 10.0 Å². The van der Waals surface area contributed by atoms with Crippen LogP contribution in [-0.4, -0.2) is 35.0 Å². The van der Waals surface area contributed by atoms with Crippen LogP contribution >= 0.6 is 0 Å². The molecule has 1 aliphatic heterocycles. The van der Waals surface area contributed by atoms with Crippen molar-refractivity contribution in [2.24, 2.45) is 0 Å². The smallest absolute Gasteiger partial charge is 0.246 e. The molecule has 1 N–H and O–H groups in total. The van der Waals surface area contributed by atoms with Gasteiger partial charge in [-0.3, -0.25) is 5.10 Å². The number of nitrogens with one attached hydrogen (secondary N) is 1. The van der Waals surface area contributed by atoms with Gasteiger partial charge in [-0.25, -0.2) is 8.42 Å². The Hall–Kier alpha value is -0.880. The van der Waals surface area contributed by atoms with E-state index in [9.17, 15) is 8.42 Å². The van der Waals surface area contributed by atoms with E-state index in [1.54, 1.807) is 4.31 Å². The van der Waals surface area contributed by atoms with Crippen molar-refractivity contribution in [1.29, 1.82) is 0 Å². The molecule has 0 bridgehead atoms. The standard InChI is InChI=1S/C10H17N3O2S/c1-8-4-3-5-9(2)13(8)16(14,15)10-6-11-12-7-10/h6-9H,3-5H2,1-2H3,(H,11,12). The number of H-pyrrole nitrogens is 1. The molecular weight excluding hydrogens is 226 g/mol. The van der Waals surface area contributed by atoms with Crippen LogP contribution in [0.3, 0.4) is 0 Å². The minimum atomic E-state index is -3.38. The molecule has 90 valence electrons. The van der Waals surface area contributed by atoms with E-state index in [0.29, 0.717) is 0 Å². The summed E-state index contributed by atoms with van der Waals surface area (Å²) in [6.45, 7) is 3.93. The summed E-state index contributed by atoms with van der Waals surface area (Å²) in [6.07, 6.45) is 5.76. The third kappa shape index (κ3) is 1.87. The highest BCUT2D eigenvalue weighted by Gasteiger charge is 2.35. The molecule has 1 aromatic rings. The van der Waals surface area contributed by atoms with Crippen LogP contribution in [0.5, 0.6) is 0 Å². The summed E-state index contributed by atoms with van der Waals surface area (Å²) in [5.74, 6) is 0. The highest BCUT2D eigenvalue weighted by atomic mass is 32.2. The van der Waals surface area contributed by atoms with E-state index in [1.165, 1.54) is 12.4 Å². The van der Waals surface area contributed by atoms with Crippen LogP contribution in [0, 0.1) is 0 Å². The van der Waals surface area contributed by atoms with E-state index in [0.717, 1.165) is 19.3 Å². The first-order valence-electron chi connectivity index (χ1n) is 5.56. The topological polar surface area (TPSA) is 66.1 Å². The fourth-order valence-electron chi connectivity index (χ4n) is 2.37. The Morgan fingerprint density at radius 2 is 2.00 bits per heavy atom. The fourth-order valence-corrected chi connectivity index (χ4v) is 4.16. The van der Waals surface area contributed by atoms with E-state index < -0.39 is 10.0 Å². The number of sulfonamides is 1. The number of piperidine rings is 1. The second kappa shape index (κ2) is 4.18. The Kier molecular flexibility index (Phi) is 3.03. The average Bonchev–Trinajstić information content (AvgIpc) is 2.69. The molecule has 2 heterocycles. The lowest BCUT2D eigenvalue weighted by molar-refractivity contribution is 0.204. The molecule has 1 aromatic heterocycles. The highest BCUT2D eigenvalue weighted by Crippen LogP contribution is 2.28. The second-order valence-electron chi connectivity index (χ2n) is 4.40. The predicted molar refractivity (Wildman–Crippen MR) is 60.4 cm³/mol. The fraction of sp³-hybridized carbons (Fsp3) is 0.700. The molecule has 0 saturated carbocycles. The lowest BCUT2D eigenvalue weighted by Crippen LogP contribution is -2.47. The van der Waals surface area contributed by atoms with Crippen LogP contribution < -0.4 is 0 Å². The molecule has 2 unspecified atom stereocenters. The summed E-state index contributed by atoms with van der Waals surface area (Å²) in [6, 6.07) is 0.146. The van der Waals surface area contributed by atoms with E-state index in [-0.39, 0.29) is 17.0 Å². The maximum atomic E-state index is 12.3. The maximum Gasteiger partial charge on any atom is 0.246 e. The number of rotatable bonds is 2. The van der Waals surface area contributed by atoms with Gasteiger partial charge < -0.3 is 0 Å². The van der Waals surface area contributed by atoms with Crippen LogP contribution in [-0.2, 0) is 10.0 Å². The zero-order chi connectivity index (χ0) is 11.8. The largest absolute Gasteiger partial charge is 0.284 e. The molecule has 1 fully saturated rings. The normalized spacial score (nSPS) is 28.1. The minimum Gasteiger partial charge on any atom is -0.284 e. The summed E-state index contributed by atoms with van der Waals surface area (Å²) in [5, 5.41) is 6.25. The van der Waals surface area contributed by atoms with Crippen molar-refractivity contribution in [3.8, 4) is 0 Å². The third-order valence-corrected chi connectivity index (χ3v) is 5.26. The van der Waals surface area contributed by atoms with E-state index in [1.807, 2.05) is 13.8 Å². The van der Waals surface area contributed by atoms with Gasteiger partial charge >= 0.3 is 0 Å². The quantitative estimate of drug-likeness (QED) is 0.853. The average molecular weight is 243 g/mol. The van der Waals surface area contributed by atoms with E-state index >= 15 is 0 Å². The molecule has 5 nitrogen and oxygen atoms in total. The van der Waals surface area contributed by atoms with Crippen molar-refractivity contribution in [2.75, 3.05) is 0 Å². The monoisotopic (exact) mass is 243 g/mol. The predicted octanol–water partition coefficient (Wildman–Crippen LogP) is 1.36. The number of hydrogen-bond acceptors (Lipinski definition) is 3. The summed E-state index contributed by atoms with van der Waals surface area (Å²) in [5.41, 5.74) is 0. The second-order valence-corrected chi connectivity index (χ2v) is 6.24. The van der Waals surface area contributed by atoms with Gasteiger partial charge in [0.05, 0.1) is 6.20 Å². The number of aromatic amines is 1. The SMILES string of the molecule is CC1CCCC(C)N1S(=O)(=O)c1cn[nH]c1. The Labute approximate surface area is 95.9 Å². The van der Waals surface area contributed by atoms with Crippen LogP contribution in [0.15, 0.2) is 17.3 Å². The van der Waals surface area contributed by atoms with Crippen LogP contribution in [0.4, 0.5) is 0 Å². The molecule has 6 heteroatoms. The number of aromatic nitrogens is 2. The van der Waals surface area contributed by atoms with Gasteiger partial charge in [0, 0.05) is 18.3 Å². The number of nitrogens with zero attached hydrogens (tertiary/aromatic N) is 2. The van der Waals surface area contributed by atoms with Gasteiger partial charge in [-0.2, -0.15) is 9.40 Å². The zero-order valence-corrected chi connectivity index (χ0v) is 10.4. The van der Waals surface area contributed by atoms with Crippen molar-refractivity contribution < 1.29 is 8.42 Å². The molecule has 2 rings (SSSR count). The molecule has 1 saturated heterocycles. The van der Waals surface area contributed by atoms with Crippen molar-refractivity contribution in [1.82, 2.24) is 14.5 Å². The van der Waals surface area contributed by atoms with Gasteiger partial charge in [0.2, 0.25) is 10.0 Å². The van der Waals surface area contributed by atoms with Gasteiger partial charge in [-0.05, 0) is 26.7 Å². The van der Waals surface area contributed by atoms with Crippen LogP contribution in [0.1, 0.15) is 33.1 Å². The third-order valence-electron chi connectivity index (χ3n) is 3.16. The van der Waals surface area contributed by atoms with Gasteiger partial charge in [0.1, 0.15) is 4.90 Å². The Morgan fingerprint density at radius 1 is 1.38 bits per heavy atom. The van der Waals surface area contributed by atoms with Crippen molar-refractivity contribution in [3.63, 3.8) is 0 Å². The summed E-state index contributed by atoms with van der Waals surface area (Å²) >= 11 is 0.